The van der Waals surface area contributed by atoms with Crippen LogP contribution in [0.15, 0.2) is 120 Å². The first-order valence-electron chi connectivity index (χ1n) is 12.4. The van der Waals surface area contributed by atoms with Crippen molar-refractivity contribution < 1.29 is 13.9 Å². The number of nitrogens with zero attached hydrogens (tertiary/aromatic N) is 1. The highest BCUT2D eigenvalue weighted by atomic mass is 32.1. The van der Waals surface area contributed by atoms with Crippen molar-refractivity contribution in [3.05, 3.63) is 126 Å². The van der Waals surface area contributed by atoms with E-state index >= 15 is 0 Å². The molecule has 1 heterocycles. The molecule has 0 unspecified atom stereocenters. The van der Waals surface area contributed by atoms with Crippen molar-refractivity contribution in [2.24, 2.45) is 0 Å². The van der Waals surface area contributed by atoms with Crippen molar-refractivity contribution in [1.82, 2.24) is 10.3 Å². The number of thiocarbonyl (C=S) groups is 1. The highest BCUT2D eigenvalue weighted by Gasteiger charge is 2.13. The van der Waals surface area contributed by atoms with Gasteiger partial charge in [-0.3, -0.25) is 10.1 Å². The number of anilines is 1. The summed E-state index contributed by atoms with van der Waals surface area (Å²) in [6.07, 6.45) is 0. The highest BCUT2D eigenvalue weighted by molar-refractivity contribution is 7.80. The van der Waals surface area contributed by atoms with E-state index in [1.54, 1.807) is 18.2 Å². The Morgan fingerprint density at radius 2 is 1.64 bits per heavy atom. The third kappa shape index (κ3) is 5.49. The number of amides is 1. The quantitative estimate of drug-likeness (QED) is 0.220. The topological polar surface area (TPSA) is 76.4 Å². The van der Waals surface area contributed by atoms with Gasteiger partial charge in [0.05, 0.1) is 0 Å². The number of aromatic nitrogens is 1. The summed E-state index contributed by atoms with van der Waals surface area (Å²) >= 11 is 5.40. The summed E-state index contributed by atoms with van der Waals surface area (Å²) in [5.41, 5.74) is 4.44. The third-order valence-electron chi connectivity index (χ3n) is 6.24. The van der Waals surface area contributed by atoms with Crippen molar-refractivity contribution in [2.75, 3.05) is 5.32 Å². The summed E-state index contributed by atoms with van der Waals surface area (Å²) in [6, 6.07) is 36.5. The fourth-order valence-corrected chi connectivity index (χ4v) is 4.55. The zero-order valence-electron chi connectivity index (χ0n) is 20.8. The predicted molar refractivity (Wildman–Crippen MR) is 158 cm³/mol. The maximum atomic E-state index is 12.8. The Hall–Kier alpha value is -5.01. The molecule has 6 nitrogen and oxygen atoms in total. The molecule has 5 aromatic carbocycles. The molecule has 0 saturated carbocycles. The lowest BCUT2D eigenvalue weighted by molar-refractivity contribution is 0.0977. The number of hydrogen-bond acceptors (Lipinski definition) is 5. The van der Waals surface area contributed by atoms with Gasteiger partial charge in [-0.2, -0.15) is 0 Å². The van der Waals surface area contributed by atoms with E-state index in [-0.39, 0.29) is 11.0 Å². The number of benzene rings is 5. The van der Waals surface area contributed by atoms with Crippen LogP contribution in [0.5, 0.6) is 5.75 Å². The number of carbonyl (C=O) groups is 1. The molecule has 2 N–H and O–H groups in total. The number of fused-ring (bicyclic) bond motifs is 2. The molecule has 0 atom stereocenters. The minimum atomic E-state index is -0.335. The Bertz CT molecular complexity index is 1810. The van der Waals surface area contributed by atoms with Crippen LogP contribution in [0.4, 0.5) is 5.69 Å². The van der Waals surface area contributed by atoms with Gasteiger partial charge in [0.15, 0.2) is 10.7 Å². The molecule has 0 aliphatic rings. The first-order valence-corrected chi connectivity index (χ1v) is 12.8. The van der Waals surface area contributed by atoms with Crippen molar-refractivity contribution in [3.63, 3.8) is 0 Å². The lowest BCUT2D eigenvalue weighted by Gasteiger charge is -2.11. The van der Waals surface area contributed by atoms with Crippen LogP contribution in [0, 0.1) is 0 Å². The van der Waals surface area contributed by atoms with Crippen LogP contribution in [0.3, 0.4) is 0 Å². The smallest absolute Gasteiger partial charge is 0.257 e. The zero-order valence-corrected chi connectivity index (χ0v) is 21.6. The Kier molecular flexibility index (Phi) is 6.72. The highest BCUT2D eigenvalue weighted by Crippen LogP contribution is 2.31. The molecule has 0 radical (unpaired) electrons. The van der Waals surface area contributed by atoms with E-state index in [2.05, 4.69) is 28.8 Å². The fourth-order valence-electron chi connectivity index (χ4n) is 4.34. The number of hydrogen-bond donors (Lipinski definition) is 2. The number of rotatable bonds is 6. The lowest BCUT2D eigenvalue weighted by Crippen LogP contribution is -2.34. The Morgan fingerprint density at radius 1 is 0.846 bits per heavy atom. The van der Waals surface area contributed by atoms with Crippen LogP contribution >= 0.6 is 12.2 Å². The van der Waals surface area contributed by atoms with Gasteiger partial charge in [0.2, 0.25) is 5.89 Å². The second kappa shape index (κ2) is 10.8. The molecule has 6 rings (SSSR count). The minimum absolute atomic E-state index is 0.174. The van der Waals surface area contributed by atoms with Crippen LogP contribution in [0.1, 0.15) is 15.9 Å². The third-order valence-corrected chi connectivity index (χ3v) is 6.44. The first kappa shape index (κ1) is 24.3. The molecule has 0 fully saturated rings. The molecule has 190 valence electrons. The van der Waals surface area contributed by atoms with E-state index in [1.165, 1.54) is 0 Å². The van der Waals surface area contributed by atoms with Gasteiger partial charge in [-0.15, -0.1) is 0 Å². The van der Waals surface area contributed by atoms with Crippen LogP contribution < -0.4 is 15.4 Å². The van der Waals surface area contributed by atoms with E-state index < -0.39 is 0 Å². The second-order valence-electron chi connectivity index (χ2n) is 8.94. The largest absolute Gasteiger partial charge is 0.489 e. The van der Waals surface area contributed by atoms with Gasteiger partial charge in [-0.1, -0.05) is 72.8 Å². The fraction of sp³-hybridized carbons (Fsp3) is 0.0312. The summed E-state index contributed by atoms with van der Waals surface area (Å²) in [5, 5.41) is 8.15. The number of ether oxygens (including phenoxy) is 1. The Morgan fingerprint density at radius 3 is 2.54 bits per heavy atom. The zero-order chi connectivity index (χ0) is 26.6. The van der Waals surface area contributed by atoms with Gasteiger partial charge in [0.25, 0.3) is 5.91 Å². The Labute approximate surface area is 230 Å². The molecular weight excluding hydrogens is 506 g/mol. The molecule has 1 amide bonds. The molecule has 0 aliphatic heterocycles. The van der Waals surface area contributed by atoms with Crippen molar-refractivity contribution >= 4 is 50.8 Å². The molecule has 0 bridgehead atoms. The van der Waals surface area contributed by atoms with Crippen molar-refractivity contribution in [1.29, 1.82) is 0 Å². The summed E-state index contributed by atoms with van der Waals surface area (Å²) in [5.74, 6) is 0.812. The van der Waals surface area contributed by atoms with Gasteiger partial charge < -0.3 is 14.5 Å². The average Bonchev–Trinajstić information content (AvgIpc) is 3.40. The normalized spacial score (nSPS) is 10.9. The maximum Gasteiger partial charge on any atom is 0.257 e. The standard InChI is InChI=1S/C32H23N3O3S/c36-30(23-12-6-13-25(18-23)37-20-21-8-2-1-3-9-21)35-32(39)33-24-16-17-29-28(19-24)34-31(38-29)27-15-7-11-22-10-4-5-14-26(22)27/h1-19H,20H2,(H2,33,35,36,39). The number of carbonyl (C=O) groups excluding carboxylic acids is 1. The van der Waals surface area contributed by atoms with Gasteiger partial charge in [-0.25, -0.2) is 4.98 Å². The Balaban J connectivity index is 1.13. The van der Waals surface area contributed by atoms with E-state index in [9.17, 15) is 4.79 Å². The van der Waals surface area contributed by atoms with Gasteiger partial charge in [0.1, 0.15) is 17.9 Å². The molecule has 7 heteroatoms. The predicted octanol–water partition coefficient (Wildman–Crippen LogP) is 7.35. The number of nitrogens with one attached hydrogen (secondary N) is 2. The van der Waals surface area contributed by atoms with Gasteiger partial charge in [0, 0.05) is 16.8 Å². The van der Waals surface area contributed by atoms with E-state index in [4.69, 9.17) is 26.4 Å². The minimum Gasteiger partial charge on any atom is -0.489 e. The molecule has 39 heavy (non-hydrogen) atoms. The summed E-state index contributed by atoms with van der Waals surface area (Å²) in [7, 11) is 0. The van der Waals surface area contributed by atoms with Crippen LogP contribution in [0.25, 0.3) is 33.3 Å². The summed E-state index contributed by atoms with van der Waals surface area (Å²) in [4.78, 5) is 17.5. The van der Waals surface area contributed by atoms with E-state index in [0.717, 1.165) is 21.9 Å². The van der Waals surface area contributed by atoms with Gasteiger partial charge in [-0.05, 0) is 71.0 Å². The van der Waals surface area contributed by atoms with Crippen LogP contribution in [0.2, 0.25) is 0 Å². The van der Waals surface area contributed by atoms with E-state index in [0.29, 0.717) is 40.6 Å². The molecule has 1 aromatic heterocycles. The summed E-state index contributed by atoms with van der Waals surface area (Å²) in [6.45, 7) is 0.415. The second-order valence-corrected chi connectivity index (χ2v) is 9.35. The molecule has 0 spiro atoms. The van der Waals surface area contributed by atoms with Crippen molar-refractivity contribution in [2.45, 2.75) is 6.61 Å². The average molecular weight is 530 g/mol. The van der Waals surface area contributed by atoms with Crippen molar-refractivity contribution in [3.8, 4) is 17.2 Å². The van der Waals surface area contributed by atoms with E-state index in [1.807, 2.05) is 78.9 Å². The number of oxazole rings is 1. The van der Waals surface area contributed by atoms with Crippen LogP contribution in [-0.2, 0) is 6.61 Å². The molecular formula is C32H23N3O3S. The molecule has 0 aliphatic carbocycles. The monoisotopic (exact) mass is 529 g/mol. The SMILES string of the molecule is O=C(NC(=S)Nc1ccc2oc(-c3cccc4ccccc34)nc2c1)c1cccc(OCc2ccccc2)c1. The summed E-state index contributed by atoms with van der Waals surface area (Å²) < 4.78 is 11.9. The molecule has 0 saturated heterocycles. The first-order chi connectivity index (χ1) is 19.1. The van der Waals surface area contributed by atoms with Gasteiger partial charge >= 0.3 is 0 Å². The maximum absolute atomic E-state index is 12.8. The van der Waals surface area contributed by atoms with Crippen LogP contribution in [-0.4, -0.2) is 16.0 Å². The molecule has 6 aromatic rings. The lowest BCUT2D eigenvalue weighted by atomic mass is 10.0.